The Bertz CT molecular complexity index is 663. The number of pyridine rings is 1. The van der Waals surface area contributed by atoms with Crippen LogP contribution in [0.2, 0.25) is 0 Å². The van der Waals surface area contributed by atoms with Crippen molar-refractivity contribution in [1.29, 1.82) is 0 Å². The van der Waals surface area contributed by atoms with E-state index in [9.17, 15) is 18.4 Å². The molecule has 0 aliphatic rings. The molecule has 1 aromatic carbocycles. The maximum Gasteiger partial charge on any atom is 0.253 e. The molecule has 0 aliphatic heterocycles. The van der Waals surface area contributed by atoms with Crippen LogP contribution >= 0.6 is 0 Å². The van der Waals surface area contributed by atoms with E-state index in [0.29, 0.717) is 11.6 Å². The molecule has 2 amide bonds. The molecule has 1 aromatic heterocycles. The van der Waals surface area contributed by atoms with Crippen LogP contribution in [0.1, 0.15) is 10.4 Å². The number of anilines is 1. The van der Waals surface area contributed by atoms with Gasteiger partial charge < -0.3 is 10.6 Å². The van der Waals surface area contributed by atoms with E-state index in [1.165, 1.54) is 12.4 Å². The molecule has 1 heterocycles. The molecule has 2 aromatic rings. The van der Waals surface area contributed by atoms with Gasteiger partial charge in [-0.15, -0.1) is 0 Å². The molecule has 0 fully saturated rings. The van der Waals surface area contributed by atoms with Crippen LogP contribution in [0.5, 0.6) is 0 Å². The van der Waals surface area contributed by atoms with E-state index in [1.807, 2.05) is 0 Å². The molecule has 0 atom stereocenters. The first kappa shape index (κ1) is 14.6. The number of carbonyl (C=O) groups is 2. The van der Waals surface area contributed by atoms with Gasteiger partial charge in [0.05, 0.1) is 17.8 Å². The van der Waals surface area contributed by atoms with Crippen molar-refractivity contribution < 1.29 is 18.4 Å². The number of hydrogen-bond acceptors (Lipinski definition) is 3. The first-order valence-electron chi connectivity index (χ1n) is 5.99. The van der Waals surface area contributed by atoms with E-state index >= 15 is 0 Å². The highest BCUT2D eigenvalue weighted by molar-refractivity contribution is 5.99. The van der Waals surface area contributed by atoms with Crippen molar-refractivity contribution >= 4 is 17.5 Å². The smallest absolute Gasteiger partial charge is 0.253 e. The van der Waals surface area contributed by atoms with Crippen LogP contribution in [0.15, 0.2) is 42.7 Å². The normalized spacial score (nSPS) is 10.0. The number of nitrogens with one attached hydrogen (secondary N) is 2. The summed E-state index contributed by atoms with van der Waals surface area (Å²) in [5.41, 5.74) is 0.148. The van der Waals surface area contributed by atoms with Crippen molar-refractivity contribution in [3.63, 3.8) is 0 Å². The van der Waals surface area contributed by atoms with Crippen LogP contribution < -0.4 is 10.6 Å². The minimum absolute atomic E-state index is 0.156. The van der Waals surface area contributed by atoms with Crippen LogP contribution in [-0.4, -0.2) is 23.3 Å². The Balaban J connectivity index is 1.89. The minimum atomic E-state index is -0.887. The van der Waals surface area contributed by atoms with Crippen LogP contribution in [0, 0.1) is 11.6 Å². The molecule has 2 rings (SSSR count). The summed E-state index contributed by atoms with van der Waals surface area (Å²) in [6.07, 6.45) is 2.87. The number of benzene rings is 1. The quantitative estimate of drug-likeness (QED) is 0.901. The zero-order valence-electron chi connectivity index (χ0n) is 10.8. The van der Waals surface area contributed by atoms with Crippen molar-refractivity contribution in [2.75, 3.05) is 11.9 Å². The van der Waals surface area contributed by atoms with Crippen LogP contribution in [0.3, 0.4) is 0 Å². The highest BCUT2D eigenvalue weighted by Crippen LogP contribution is 2.14. The van der Waals surface area contributed by atoms with E-state index in [1.54, 1.807) is 12.1 Å². The minimum Gasteiger partial charge on any atom is -0.343 e. The van der Waals surface area contributed by atoms with E-state index < -0.39 is 23.4 Å². The zero-order chi connectivity index (χ0) is 15.2. The Morgan fingerprint density at radius 3 is 2.67 bits per heavy atom. The van der Waals surface area contributed by atoms with Gasteiger partial charge in [-0.05, 0) is 24.3 Å². The third-order valence-electron chi connectivity index (χ3n) is 2.54. The topological polar surface area (TPSA) is 71.1 Å². The lowest BCUT2D eigenvalue weighted by atomic mass is 10.2. The van der Waals surface area contributed by atoms with Crippen LogP contribution in [-0.2, 0) is 4.79 Å². The lowest BCUT2D eigenvalue weighted by Gasteiger charge is -2.07. The number of nitrogens with zero attached hydrogens (tertiary/aromatic N) is 1. The monoisotopic (exact) mass is 291 g/mol. The lowest BCUT2D eigenvalue weighted by molar-refractivity contribution is -0.115. The largest absolute Gasteiger partial charge is 0.343 e. The molecular weight excluding hydrogens is 280 g/mol. The molecule has 2 N–H and O–H groups in total. The molecule has 0 aliphatic carbocycles. The van der Waals surface area contributed by atoms with Gasteiger partial charge in [0.25, 0.3) is 5.91 Å². The van der Waals surface area contributed by atoms with Gasteiger partial charge in [-0.3, -0.25) is 14.6 Å². The Hall–Kier alpha value is -2.83. The molecule has 7 heteroatoms. The molecule has 5 nitrogen and oxygen atoms in total. The van der Waals surface area contributed by atoms with Gasteiger partial charge in [0, 0.05) is 18.5 Å². The standard InChI is InChI=1S/C14H11F2N3O2/c15-10-3-4-12(11(16)6-10)19-13(20)8-18-14(21)9-2-1-5-17-7-9/h1-7H,8H2,(H,18,21)(H,19,20). The van der Waals surface area contributed by atoms with Crippen molar-refractivity contribution in [2.24, 2.45) is 0 Å². The molecule has 0 unspecified atom stereocenters. The fourth-order valence-corrected chi connectivity index (χ4v) is 1.54. The number of hydrogen-bond donors (Lipinski definition) is 2. The number of amides is 2. The molecule has 21 heavy (non-hydrogen) atoms. The number of aromatic nitrogens is 1. The Morgan fingerprint density at radius 1 is 1.19 bits per heavy atom. The van der Waals surface area contributed by atoms with Gasteiger partial charge in [-0.25, -0.2) is 8.78 Å². The second-order valence-corrected chi connectivity index (χ2v) is 4.10. The summed E-state index contributed by atoms with van der Waals surface area (Å²) in [6.45, 7) is -0.343. The number of rotatable bonds is 4. The van der Waals surface area contributed by atoms with E-state index in [4.69, 9.17) is 0 Å². The van der Waals surface area contributed by atoms with Gasteiger partial charge >= 0.3 is 0 Å². The average molecular weight is 291 g/mol. The fourth-order valence-electron chi connectivity index (χ4n) is 1.54. The van der Waals surface area contributed by atoms with Gasteiger partial charge in [-0.1, -0.05) is 0 Å². The van der Waals surface area contributed by atoms with Crippen molar-refractivity contribution in [2.45, 2.75) is 0 Å². The van der Waals surface area contributed by atoms with E-state index in [0.717, 1.165) is 12.1 Å². The van der Waals surface area contributed by atoms with Crippen molar-refractivity contribution in [3.05, 3.63) is 59.9 Å². The number of halogens is 2. The third-order valence-corrected chi connectivity index (χ3v) is 2.54. The third kappa shape index (κ3) is 4.07. The second-order valence-electron chi connectivity index (χ2n) is 4.10. The highest BCUT2D eigenvalue weighted by Gasteiger charge is 2.10. The summed E-state index contributed by atoms with van der Waals surface area (Å²) in [5.74, 6) is -2.73. The summed E-state index contributed by atoms with van der Waals surface area (Å²) in [6, 6.07) is 5.91. The highest BCUT2D eigenvalue weighted by atomic mass is 19.1. The summed E-state index contributed by atoms with van der Waals surface area (Å²) >= 11 is 0. The van der Waals surface area contributed by atoms with Crippen molar-refractivity contribution in [1.82, 2.24) is 10.3 Å². The first-order valence-corrected chi connectivity index (χ1v) is 5.99. The second kappa shape index (κ2) is 6.56. The molecule has 0 spiro atoms. The van der Waals surface area contributed by atoms with E-state index in [2.05, 4.69) is 15.6 Å². The molecule has 108 valence electrons. The Morgan fingerprint density at radius 2 is 2.00 bits per heavy atom. The van der Waals surface area contributed by atoms with E-state index in [-0.39, 0.29) is 12.2 Å². The van der Waals surface area contributed by atoms with Crippen LogP contribution in [0.25, 0.3) is 0 Å². The predicted octanol–water partition coefficient (Wildman–Crippen LogP) is 1.73. The maximum atomic E-state index is 13.3. The molecular formula is C14H11F2N3O2. The fraction of sp³-hybridized carbons (Fsp3) is 0.0714. The molecule has 0 saturated carbocycles. The van der Waals surface area contributed by atoms with Gasteiger partial charge in [0.2, 0.25) is 5.91 Å². The summed E-state index contributed by atoms with van der Waals surface area (Å²) in [5, 5.41) is 4.60. The van der Waals surface area contributed by atoms with Crippen molar-refractivity contribution in [3.8, 4) is 0 Å². The molecule has 0 radical (unpaired) electrons. The lowest BCUT2D eigenvalue weighted by Crippen LogP contribution is -2.33. The Labute approximate surface area is 119 Å². The van der Waals surface area contributed by atoms with Gasteiger partial charge in [0.15, 0.2) is 0 Å². The van der Waals surface area contributed by atoms with Gasteiger partial charge in [-0.2, -0.15) is 0 Å². The predicted molar refractivity (Wildman–Crippen MR) is 71.6 cm³/mol. The molecule has 0 bridgehead atoms. The molecule has 0 saturated heterocycles. The summed E-state index contributed by atoms with van der Waals surface area (Å²) in [4.78, 5) is 27.0. The SMILES string of the molecule is O=C(CNC(=O)c1cccnc1)Nc1ccc(F)cc1F. The van der Waals surface area contributed by atoms with Crippen LogP contribution in [0.4, 0.5) is 14.5 Å². The summed E-state index contributed by atoms with van der Waals surface area (Å²) in [7, 11) is 0. The maximum absolute atomic E-state index is 13.3. The zero-order valence-corrected chi connectivity index (χ0v) is 10.8. The Kier molecular flexibility index (Phi) is 4.55. The number of carbonyl (C=O) groups excluding carboxylic acids is 2. The first-order chi connectivity index (χ1) is 10.1. The van der Waals surface area contributed by atoms with Gasteiger partial charge in [0.1, 0.15) is 11.6 Å². The average Bonchev–Trinajstić information content (AvgIpc) is 2.48. The summed E-state index contributed by atoms with van der Waals surface area (Å²) < 4.78 is 26.0.